The Balaban J connectivity index is 1.06. The molecule has 1 aromatic carbocycles. The van der Waals surface area contributed by atoms with Crippen LogP contribution in [0.1, 0.15) is 47.1 Å². The monoisotopic (exact) mass is 667 g/mol. The maximum atomic E-state index is 15.4. The van der Waals surface area contributed by atoms with Crippen LogP contribution in [0.4, 0.5) is 27.3 Å². The van der Waals surface area contributed by atoms with Crippen molar-refractivity contribution in [3.8, 4) is 11.1 Å². The lowest BCUT2D eigenvalue weighted by Gasteiger charge is -2.46. The summed E-state index contributed by atoms with van der Waals surface area (Å²) in [7, 11) is 1.63. The molecule has 1 atom stereocenters. The van der Waals surface area contributed by atoms with Gasteiger partial charge in [0.2, 0.25) is 0 Å². The van der Waals surface area contributed by atoms with Crippen LogP contribution >= 0.6 is 0 Å². The van der Waals surface area contributed by atoms with Gasteiger partial charge in [-0.1, -0.05) is 0 Å². The number of benzene rings is 1. The minimum atomic E-state index is -0.534. The van der Waals surface area contributed by atoms with Crippen molar-refractivity contribution in [2.75, 3.05) is 54.5 Å². The molecule has 0 radical (unpaired) electrons. The van der Waals surface area contributed by atoms with E-state index in [2.05, 4.69) is 31.6 Å². The minimum absolute atomic E-state index is 0.184. The first-order valence-electron chi connectivity index (χ1n) is 17.3. The molecule has 2 fully saturated rings. The molecule has 4 aliphatic rings. The number of nitrogens with zero attached hydrogens (tertiary/aromatic N) is 6. The lowest BCUT2D eigenvalue weighted by molar-refractivity contribution is -0.0691. The summed E-state index contributed by atoms with van der Waals surface area (Å²) in [4.78, 5) is 38.2. The van der Waals surface area contributed by atoms with E-state index in [9.17, 15) is 14.7 Å². The number of halogens is 1. The Morgan fingerprint density at radius 1 is 1.02 bits per heavy atom. The zero-order valence-electron chi connectivity index (χ0n) is 28.0. The second-order valence-electron chi connectivity index (χ2n) is 13.7. The number of pyridine rings is 2. The van der Waals surface area contributed by atoms with Crippen LogP contribution in [0.25, 0.3) is 11.1 Å². The lowest BCUT2D eigenvalue weighted by Crippen LogP contribution is -2.59. The van der Waals surface area contributed by atoms with E-state index < -0.39 is 12.4 Å². The van der Waals surface area contributed by atoms with E-state index in [1.807, 2.05) is 24.4 Å². The first-order valence-corrected chi connectivity index (χ1v) is 17.3. The number of carbonyl (C=O) groups is 1. The van der Waals surface area contributed by atoms with Crippen LogP contribution in [0.15, 0.2) is 53.6 Å². The zero-order chi connectivity index (χ0) is 33.8. The number of aromatic nitrogens is 3. The quantitative estimate of drug-likeness (QED) is 0.304. The second-order valence-corrected chi connectivity index (χ2v) is 13.7. The molecular weight excluding hydrogens is 625 g/mol. The number of carbonyl (C=O) groups excluding carboxylic acids is 1. The van der Waals surface area contributed by atoms with Gasteiger partial charge < -0.3 is 34.1 Å². The van der Waals surface area contributed by atoms with E-state index >= 15 is 4.39 Å². The predicted molar refractivity (Wildman–Crippen MR) is 186 cm³/mol. The molecule has 0 unspecified atom stereocenters. The van der Waals surface area contributed by atoms with Crippen LogP contribution in [0, 0.1) is 5.82 Å². The highest BCUT2D eigenvalue weighted by atomic mass is 19.1. The van der Waals surface area contributed by atoms with Gasteiger partial charge in [0.15, 0.2) is 0 Å². The summed E-state index contributed by atoms with van der Waals surface area (Å²) in [6, 6.07) is 11.0. The largest absolute Gasteiger partial charge is 0.392 e. The molecule has 3 aromatic heterocycles. The smallest absolute Gasteiger partial charge is 0.274 e. The summed E-state index contributed by atoms with van der Waals surface area (Å²) in [6.45, 7) is 7.57. The van der Waals surface area contributed by atoms with Gasteiger partial charge in [0.05, 0.1) is 49.0 Å². The van der Waals surface area contributed by atoms with Gasteiger partial charge in [0.25, 0.3) is 11.5 Å². The number of piperazine rings is 1. The normalized spacial score (nSPS) is 19.8. The predicted octanol–water partition coefficient (Wildman–Crippen LogP) is 4.07. The Morgan fingerprint density at radius 3 is 2.61 bits per heavy atom. The first kappa shape index (κ1) is 31.7. The molecule has 2 N–H and O–H groups in total. The van der Waals surface area contributed by atoms with Crippen molar-refractivity contribution in [3.63, 3.8) is 0 Å². The van der Waals surface area contributed by atoms with Gasteiger partial charge in [-0.05, 0) is 68.1 Å². The van der Waals surface area contributed by atoms with Crippen LogP contribution in [-0.4, -0.2) is 81.5 Å². The summed E-state index contributed by atoms with van der Waals surface area (Å²) in [5.41, 5.74) is 5.59. The van der Waals surface area contributed by atoms with Crippen molar-refractivity contribution in [3.05, 3.63) is 87.5 Å². The van der Waals surface area contributed by atoms with Crippen LogP contribution < -0.4 is 20.7 Å². The fourth-order valence-electron chi connectivity index (χ4n) is 8.00. The maximum absolute atomic E-state index is 15.4. The van der Waals surface area contributed by atoms with E-state index in [0.29, 0.717) is 58.8 Å². The van der Waals surface area contributed by atoms with Gasteiger partial charge in [-0.15, -0.1) is 0 Å². The van der Waals surface area contributed by atoms with Crippen molar-refractivity contribution in [2.45, 2.75) is 57.8 Å². The Bertz CT molecular complexity index is 1970. The average Bonchev–Trinajstić information content (AvgIpc) is 3.46. The number of ether oxygens (including phenoxy) is 1. The molecule has 8 rings (SSSR count). The van der Waals surface area contributed by atoms with Crippen LogP contribution in [-0.2, 0) is 37.8 Å². The lowest BCUT2D eigenvalue weighted by atomic mass is 9.96. The molecule has 49 heavy (non-hydrogen) atoms. The number of nitrogens with one attached hydrogen (secondary N) is 1. The number of anilines is 4. The molecule has 256 valence electrons. The maximum Gasteiger partial charge on any atom is 0.274 e. The summed E-state index contributed by atoms with van der Waals surface area (Å²) < 4.78 is 24.5. The Kier molecular flexibility index (Phi) is 8.25. The van der Waals surface area contributed by atoms with Gasteiger partial charge in [0.1, 0.15) is 17.3 Å². The third kappa shape index (κ3) is 5.71. The standard InChI is InChI=1S/C37H42FN7O4/c1-23-18-42(28-21-49-22-28)11-12-43(23)27-6-7-35(39-17-27)40-32-13-24(19-41(2)37(32)48)29-14-25(38)15-34(31(29)20-46)45-10-8-33-30(36(45)47)16-26-5-3-4-9-44(26)33/h6-7,13-17,19,23,28,46H,3-5,8-12,18,20-22H2,1-2H3,(H,39,40)/t23-/m0/s1. The van der Waals surface area contributed by atoms with E-state index in [1.54, 1.807) is 24.2 Å². The summed E-state index contributed by atoms with van der Waals surface area (Å²) in [5, 5.41) is 13.8. The van der Waals surface area contributed by atoms with Gasteiger partial charge in [-0.3, -0.25) is 14.5 Å². The summed E-state index contributed by atoms with van der Waals surface area (Å²) in [5.74, 6) is -0.215. The first-order chi connectivity index (χ1) is 23.8. The number of aliphatic hydroxyl groups is 1. The van der Waals surface area contributed by atoms with Crippen LogP contribution in [0.3, 0.4) is 0 Å². The van der Waals surface area contributed by atoms with E-state index in [0.717, 1.165) is 70.0 Å². The number of hydrogen-bond donors (Lipinski definition) is 2. The molecule has 0 aliphatic carbocycles. The number of aliphatic hydroxyl groups excluding tert-OH is 1. The number of rotatable bonds is 7. The molecule has 4 aromatic rings. The van der Waals surface area contributed by atoms with Gasteiger partial charge in [-0.2, -0.15) is 0 Å². The topological polar surface area (TPSA) is 108 Å². The molecular formula is C37H42FN7O4. The third-order valence-electron chi connectivity index (χ3n) is 10.7. The van der Waals surface area contributed by atoms with Crippen LogP contribution in [0.2, 0.25) is 0 Å². The van der Waals surface area contributed by atoms with Crippen molar-refractivity contribution in [1.29, 1.82) is 0 Å². The molecule has 4 aliphatic heterocycles. The van der Waals surface area contributed by atoms with E-state index in [1.165, 1.54) is 22.4 Å². The molecule has 1 amide bonds. The zero-order valence-corrected chi connectivity index (χ0v) is 28.0. The number of fused-ring (bicyclic) bond motifs is 3. The van der Waals surface area contributed by atoms with E-state index in [-0.39, 0.29) is 17.2 Å². The SMILES string of the molecule is C[C@H]1CN(C2COC2)CCN1c1ccc(Nc2cc(-c3cc(F)cc(N4CCc5c(cc6n5CCCC6)C4=O)c3CO)cn(C)c2=O)nc1. The molecule has 0 saturated carbocycles. The average molecular weight is 668 g/mol. The van der Waals surface area contributed by atoms with Gasteiger partial charge >= 0.3 is 0 Å². The Morgan fingerprint density at radius 2 is 1.88 bits per heavy atom. The highest BCUT2D eigenvalue weighted by Crippen LogP contribution is 2.37. The highest BCUT2D eigenvalue weighted by Gasteiger charge is 2.34. The third-order valence-corrected chi connectivity index (χ3v) is 10.7. The summed E-state index contributed by atoms with van der Waals surface area (Å²) in [6.07, 6.45) is 7.25. The molecule has 2 saturated heterocycles. The molecule has 12 heteroatoms. The van der Waals surface area contributed by atoms with Crippen molar-refractivity contribution < 1.29 is 19.0 Å². The van der Waals surface area contributed by atoms with Crippen molar-refractivity contribution in [2.24, 2.45) is 7.05 Å². The molecule has 0 bridgehead atoms. The van der Waals surface area contributed by atoms with Crippen molar-refractivity contribution >= 4 is 28.8 Å². The van der Waals surface area contributed by atoms with Gasteiger partial charge in [-0.25, -0.2) is 9.37 Å². The number of amides is 1. The van der Waals surface area contributed by atoms with E-state index in [4.69, 9.17) is 4.74 Å². The Labute approximate surface area is 284 Å². The second kappa shape index (κ2) is 12.7. The highest BCUT2D eigenvalue weighted by molar-refractivity contribution is 6.09. The molecule has 0 spiro atoms. The Hall–Kier alpha value is -4.52. The molecule has 7 heterocycles. The summed E-state index contributed by atoms with van der Waals surface area (Å²) >= 11 is 0. The number of aryl methyl sites for hydroxylation is 2. The fraction of sp³-hybridized carbons (Fsp3) is 0.432. The van der Waals surface area contributed by atoms with Gasteiger partial charge in [0, 0.05) is 80.9 Å². The fourth-order valence-corrected chi connectivity index (χ4v) is 8.00. The minimum Gasteiger partial charge on any atom is -0.392 e. The van der Waals surface area contributed by atoms with Crippen molar-refractivity contribution in [1.82, 2.24) is 19.0 Å². The van der Waals surface area contributed by atoms with Crippen LogP contribution in [0.5, 0.6) is 0 Å². The molecule has 11 nitrogen and oxygen atoms in total. The number of hydrogen-bond acceptors (Lipinski definition) is 8.